The van der Waals surface area contributed by atoms with Crippen molar-refractivity contribution < 1.29 is 19.7 Å². The normalized spacial score (nSPS) is 10.8. The molecule has 4 N–H and O–H groups in total. The van der Waals surface area contributed by atoms with Crippen LogP contribution in [0.4, 0.5) is 0 Å². The lowest BCUT2D eigenvalue weighted by Crippen LogP contribution is -2.31. The first-order chi connectivity index (χ1) is 13.9. The fourth-order valence-electron chi connectivity index (χ4n) is 2.51. The van der Waals surface area contributed by atoms with Crippen molar-refractivity contribution in [2.45, 2.75) is 0 Å². The van der Waals surface area contributed by atoms with E-state index in [1.807, 2.05) is 0 Å². The quantitative estimate of drug-likeness (QED) is 0.369. The molecule has 3 aromatic rings. The number of benzene rings is 2. The molecule has 0 unspecified atom stereocenters. The smallest absolute Gasteiger partial charge is 0.335 e. The van der Waals surface area contributed by atoms with E-state index < -0.39 is 23.0 Å². The van der Waals surface area contributed by atoms with Gasteiger partial charge in [0.2, 0.25) is 5.88 Å². The molecule has 0 saturated carbocycles. The molecule has 0 bridgehead atoms. The van der Waals surface area contributed by atoms with Gasteiger partial charge in [0.1, 0.15) is 17.1 Å². The Bertz CT molecular complexity index is 1190. The summed E-state index contributed by atoms with van der Waals surface area (Å²) in [4.78, 5) is 38.3. The summed E-state index contributed by atoms with van der Waals surface area (Å²) in [6.07, 6.45) is 0.894. The highest BCUT2D eigenvalue weighted by molar-refractivity contribution is 5.97. The number of aromatic nitrogens is 2. The Morgan fingerprint density at radius 2 is 1.83 bits per heavy atom. The molecule has 148 valence electrons. The predicted octanol–water partition coefficient (Wildman–Crippen LogP) is 0.709. The number of H-pyrrole nitrogens is 1. The number of nitrogens with zero attached hydrogens (tertiary/aromatic N) is 2. The summed E-state index contributed by atoms with van der Waals surface area (Å²) in [5.74, 6) is -1.09. The Kier molecular flexibility index (Phi) is 5.44. The SMILES string of the molecule is COc1ccc(-n2c(O)c(/C=N\NC(=O)c3ccccc3O)c(=O)[nH]c2=O)cc1. The number of carbonyl (C=O) groups is 1. The monoisotopic (exact) mass is 396 g/mol. The number of phenols is 1. The molecule has 0 aliphatic heterocycles. The van der Waals surface area contributed by atoms with Gasteiger partial charge in [-0.2, -0.15) is 5.10 Å². The third-order valence-corrected chi connectivity index (χ3v) is 3.96. The zero-order chi connectivity index (χ0) is 21.0. The number of rotatable bonds is 5. The minimum atomic E-state index is -0.891. The molecule has 2 aromatic carbocycles. The second-order valence-corrected chi connectivity index (χ2v) is 5.75. The number of hydrazone groups is 1. The number of amides is 1. The van der Waals surface area contributed by atoms with E-state index in [2.05, 4.69) is 15.5 Å². The fourth-order valence-corrected chi connectivity index (χ4v) is 2.51. The van der Waals surface area contributed by atoms with Crippen LogP contribution in [0.25, 0.3) is 5.69 Å². The van der Waals surface area contributed by atoms with Gasteiger partial charge in [-0.15, -0.1) is 0 Å². The molecule has 29 heavy (non-hydrogen) atoms. The lowest BCUT2D eigenvalue weighted by Gasteiger charge is -2.10. The summed E-state index contributed by atoms with van der Waals surface area (Å²) in [6, 6.07) is 12.0. The van der Waals surface area contributed by atoms with Gasteiger partial charge in [0.05, 0.1) is 24.6 Å². The second-order valence-electron chi connectivity index (χ2n) is 5.75. The number of hydrogen-bond donors (Lipinski definition) is 4. The van der Waals surface area contributed by atoms with Crippen LogP contribution in [0.15, 0.2) is 63.2 Å². The highest BCUT2D eigenvalue weighted by Gasteiger charge is 2.15. The number of methoxy groups -OCH3 is 1. The highest BCUT2D eigenvalue weighted by atomic mass is 16.5. The fraction of sp³-hybridized carbons (Fsp3) is 0.0526. The van der Waals surface area contributed by atoms with E-state index in [1.54, 1.807) is 24.3 Å². The van der Waals surface area contributed by atoms with Gasteiger partial charge in [-0.05, 0) is 36.4 Å². The maximum Gasteiger partial charge on any atom is 0.335 e. The number of aromatic amines is 1. The van der Waals surface area contributed by atoms with Crippen molar-refractivity contribution in [2.24, 2.45) is 5.10 Å². The standard InChI is InChI=1S/C19H16N4O6/c1-29-12-8-6-11(7-9-12)23-18(27)14(16(25)21-19(23)28)10-20-22-17(26)13-4-2-3-5-15(13)24/h2-10,24,27H,1H3,(H,22,26)(H,21,25,28)/b20-10-. The molecule has 3 rings (SSSR count). The Morgan fingerprint density at radius 3 is 2.48 bits per heavy atom. The van der Waals surface area contributed by atoms with Gasteiger partial charge in [-0.3, -0.25) is 14.6 Å². The summed E-state index contributed by atoms with van der Waals surface area (Å²) in [5.41, 5.74) is 0.294. The van der Waals surface area contributed by atoms with Crippen LogP contribution in [-0.2, 0) is 0 Å². The van der Waals surface area contributed by atoms with E-state index in [0.29, 0.717) is 5.75 Å². The average Bonchev–Trinajstić information content (AvgIpc) is 2.71. The van der Waals surface area contributed by atoms with Gasteiger partial charge in [0.15, 0.2) is 0 Å². The summed E-state index contributed by atoms with van der Waals surface area (Å²) < 4.78 is 5.91. The molecule has 1 amide bonds. The summed E-state index contributed by atoms with van der Waals surface area (Å²) in [7, 11) is 1.48. The van der Waals surface area contributed by atoms with Gasteiger partial charge in [-0.1, -0.05) is 12.1 Å². The number of ether oxygens (including phenoxy) is 1. The minimum Gasteiger partial charge on any atom is -0.507 e. The van der Waals surface area contributed by atoms with Crippen molar-refractivity contribution in [1.29, 1.82) is 0 Å². The van der Waals surface area contributed by atoms with Crippen LogP contribution >= 0.6 is 0 Å². The first-order valence-electron chi connectivity index (χ1n) is 8.26. The number of hydrogen-bond acceptors (Lipinski definition) is 7. The lowest BCUT2D eigenvalue weighted by molar-refractivity contribution is 0.0952. The van der Waals surface area contributed by atoms with Crippen molar-refractivity contribution in [3.63, 3.8) is 0 Å². The molecular formula is C19H16N4O6. The Morgan fingerprint density at radius 1 is 1.14 bits per heavy atom. The molecule has 10 heteroatoms. The van der Waals surface area contributed by atoms with Gasteiger partial charge < -0.3 is 14.9 Å². The maximum absolute atomic E-state index is 12.1. The molecule has 0 aliphatic rings. The lowest BCUT2D eigenvalue weighted by atomic mass is 10.2. The van der Waals surface area contributed by atoms with Crippen LogP contribution in [0, 0.1) is 0 Å². The average molecular weight is 396 g/mol. The predicted molar refractivity (Wildman–Crippen MR) is 104 cm³/mol. The summed E-state index contributed by atoms with van der Waals surface area (Å²) in [5, 5.41) is 23.7. The Labute approximate surface area is 163 Å². The van der Waals surface area contributed by atoms with Crippen LogP contribution in [-0.4, -0.2) is 39.0 Å². The summed E-state index contributed by atoms with van der Waals surface area (Å²) >= 11 is 0. The molecule has 0 aliphatic carbocycles. The third kappa shape index (κ3) is 4.00. The summed E-state index contributed by atoms with van der Waals surface area (Å²) in [6.45, 7) is 0. The van der Waals surface area contributed by atoms with Gasteiger partial charge >= 0.3 is 5.69 Å². The molecule has 0 saturated heterocycles. The molecule has 0 radical (unpaired) electrons. The molecule has 0 spiro atoms. The van der Waals surface area contributed by atoms with Crippen molar-refractivity contribution in [3.8, 4) is 23.1 Å². The highest BCUT2D eigenvalue weighted by Crippen LogP contribution is 2.18. The van der Waals surface area contributed by atoms with Gasteiger partial charge in [0, 0.05) is 0 Å². The molecule has 1 heterocycles. The van der Waals surface area contributed by atoms with E-state index in [4.69, 9.17) is 4.74 Å². The van der Waals surface area contributed by atoms with Crippen LogP contribution in [0.3, 0.4) is 0 Å². The van der Waals surface area contributed by atoms with Crippen molar-refractivity contribution >= 4 is 12.1 Å². The number of aromatic hydroxyl groups is 2. The van der Waals surface area contributed by atoms with Crippen molar-refractivity contribution in [2.75, 3.05) is 7.11 Å². The molecule has 0 atom stereocenters. The van der Waals surface area contributed by atoms with E-state index in [1.165, 1.54) is 31.4 Å². The van der Waals surface area contributed by atoms with Gasteiger partial charge in [-0.25, -0.2) is 14.8 Å². The molecule has 1 aromatic heterocycles. The van der Waals surface area contributed by atoms with Crippen LogP contribution in [0.1, 0.15) is 15.9 Å². The first kappa shape index (κ1) is 19.4. The molecular weight excluding hydrogens is 380 g/mol. The number of phenolic OH excluding ortho intramolecular Hbond substituents is 1. The maximum atomic E-state index is 12.1. The second kappa shape index (κ2) is 8.13. The van der Waals surface area contributed by atoms with E-state index in [0.717, 1.165) is 10.8 Å². The Hall–Kier alpha value is -4.34. The number of para-hydroxylation sites is 1. The zero-order valence-electron chi connectivity index (χ0n) is 15.1. The van der Waals surface area contributed by atoms with E-state index >= 15 is 0 Å². The minimum absolute atomic E-state index is 0.0222. The van der Waals surface area contributed by atoms with Crippen molar-refractivity contribution in [3.05, 3.63) is 80.5 Å². The van der Waals surface area contributed by atoms with Crippen LogP contribution in [0.2, 0.25) is 0 Å². The first-order valence-corrected chi connectivity index (χ1v) is 8.26. The molecule has 0 fully saturated rings. The van der Waals surface area contributed by atoms with Gasteiger partial charge in [0.25, 0.3) is 11.5 Å². The largest absolute Gasteiger partial charge is 0.507 e. The number of nitrogens with one attached hydrogen (secondary N) is 2. The topological polar surface area (TPSA) is 146 Å². The Balaban J connectivity index is 1.92. The van der Waals surface area contributed by atoms with E-state index in [9.17, 15) is 24.6 Å². The third-order valence-electron chi connectivity index (χ3n) is 3.96. The number of carbonyl (C=O) groups excluding carboxylic acids is 1. The zero-order valence-corrected chi connectivity index (χ0v) is 15.1. The van der Waals surface area contributed by atoms with Crippen molar-refractivity contribution in [1.82, 2.24) is 15.0 Å². The molecule has 10 nitrogen and oxygen atoms in total. The van der Waals surface area contributed by atoms with Crippen LogP contribution in [0.5, 0.6) is 17.4 Å². The van der Waals surface area contributed by atoms with E-state index in [-0.39, 0.29) is 22.6 Å². The van der Waals surface area contributed by atoms with Crippen LogP contribution < -0.4 is 21.4 Å².